The zero-order chi connectivity index (χ0) is 11.4. The summed E-state index contributed by atoms with van der Waals surface area (Å²) in [6, 6.07) is 0. The summed E-state index contributed by atoms with van der Waals surface area (Å²) in [6.07, 6.45) is 4.00. The fraction of sp³-hybridized carbons (Fsp3) is 0.917. The topological polar surface area (TPSA) is 32.8 Å². The maximum absolute atomic E-state index is 12.0. The molecule has 0 bridgehead atoms. The van der Waals surface area contributed by atoms with E-state index in [4.69, 9.17) is 4.74 Å². The molecule has 92 valence electrons. The summed E-state index contributed by atoms with van der Waals surface area (Å²) >= 11 is 0. The molecular weight excluding hydrogens is 204 g/mol. The normalized spacial score (nSPS) is 28.1. The Balaban J connectivity index is 1.77. The van der Waals surface area contributed by atoms with Crippen molar-refractivity contribution in [2.24, 2.45) is 0 Å². The van der Waals surface area contributed by atoms with Gasteiger partial charge < -0.3 is 9.64 Å². The number of amides is 1. The van der Waals surface area contributed by atoms with E-state index >= 15 is 0 Å². The van der Waals surface area contributed by atoms with Gasteiger partial charge in [-0.1, -0.05) is 6.42 Å². The molecule has 0 aromatic carbocycles. The van der Waals surface area contributed by atoms with Crippen LogP contribution in [0.1, 0.15) is 26.2 Å². The van der Waals surface area contributed by atoms with Gasteiger partial charge in [0.2, 0.25) is 5.91 Å². The van der Waals surface area contributed by atoms with E-state index in [0.29, 0.717) is 13.2 Å². The van der Waals surface area contributed by atoms with Gasteiger partial charge in [0.1, 0.15) is 0 Å². The van der Waals surface area contributed by atoms with Crippen molar-refractivity contribution < 1.29 is 9.53 Å². The molecule has 0 spiro atoms. The van der Waals surface area contributed by atoms with Crippen molar-refractivity contribution in [1.82, 2.24) is 9.80 Å². The van der Waals surface area contributed by atoms with Crippen molar-refractivity contribution in [2.45, 2.75) is 32.3 Å². The van der Waals surface area contributed by atoms with Gasteiger partial charge in [-0.2, -0.15) is 0 Å². The summed E-state index contributed by atoms with van der Waals surface area (Å²) < 4.78 is 5.44. The molecule has 1 atom stereocenters. The third-order valence-electron chi connectivity index (χ3n) is 3.40. The molecule has 0 aromatic rings. The number of carbonyl (C=O) groups is 1. The average molecular weight is 226 g/mol. The van der Waals surface area contributed by atoms with Crippen LogP contribution in [0.25, 0.3) is 0 Å². The Morgan fingerprint density at radius 3 is 2.69 bits per heavy atom. The van der Waals surface area contributed by atoms with Gasteiger partial charge in [-0.15, -0.1) is 0 Å². The highest BCUT2D eigenvalue weighted by Gasteiger charge is 2.23. The fourth-order valence-electron chi connectivity index (χ4n) is 2.45. The van der Waals surface area contributed by atoms with Crippen LogP contribution in [-0.2, 0) is 9.53 Å². The predicted octanol–water partition coefficient (Wildman–Crippen LogP) is 0.720. The second-order valence-electron chi connectivity index (χ2n) is 4.86. The predicted molar refractivity (Wildman–Crippen MR) is 62.3 cm³/mol. The summed E-state index contributed by atoms with van der Waals surface area (Å²) in [5.74, 6) is 0.275. The van der Waals surface area contributed by atoms with Crippen molar-refractivity contribution in [3.63, 3.8) is 0 Å². The number of piperidine rings is 1. The van der Waals surface area contributed by atoms with Crippen LogP contribution in [0.2, 0.25) is 0 Å². The maximum Gasteiger partial charge on any atom is 0.236 e. The summed E-state index contributed by atoms with van der Waals surface area (Å²) in [5.41, 5.74) is 0. The number of rotatable bonds is 2. The minimum atomic E-state index is 0.194. The van der Waals surface area contributed by atoms with Gasteiger partial charge in [-0.3, -0.25) is 9.69 Å². The Hall–Kier alpha value is -0.610. The molecule has 0 aromatic heterocycles. The molecule has 2 saturated heterocycles. The molecule has 2 fully saturated rings. The minimum Gasteiger partial charge on any atom is -0.375 e. The highest BCUT2D eigenvalue weighted by molar-refractivity contribution is 5.78. The Bertz CT molecular complexity index is 239. The summed E-state index contributed by atoms with van der Waals surface area (Å²) in [6.45, 7) is 7.01. The van der Waals surface area contributed by atoms with E-state index < -0.39 is 0 Å². The molecule has 2 rings (SSSR count). The smallest absolute Gasteiger partial charge is 0.236 e. The lowest BCUT2D eigenvalue weighted by Crippen LogP contribution is -2.48. The zero-order valence-electron chi connectivity index (χ0n) is 10.2. The molecule has 0 radical (unpaired) electrons. The molecule has 2 aliphatic heterocycles. The lowest BCUT2D eigenvalue weighted by Gasteiger charge is -2.34. The standard InChI is InChI=1S/C12H22N2O2/c1-11-9-14(7-8-16-11)12(15)10-13-5-3-2-4-6-13/h11H,2-10H2,1H3. The van der Waals surface area contributed by atoms with Crippen LogP contribution in [0.5, 0.6) is 0 Å². The van der Waals surface area contributed by atoms with Crippen LogP contribution in [0.4, 0.5) is 0 Å². The third kappa shape index (κ3) is 3.19. The monoisotopic (exact) mass is 226 g/mol. The van der Waals surface area contributed by atoms with Crippen LogP contribution in [0.15, 0.2) is 0 Å². The van der Waals surface area contributed by atoms with E-state index in [9.17, 15) is 4.79 Å². The number of carbonyl (C=O) groups excluding carboxylic acids is 1. The fourth-order valence-corrected chi connectivity index (χ4v) is 2.45. The number of hydrogen-bond donors (Lipinski definition) is 0. The van der Waals surface area contributed by atoms with Crippen LogP contribution in [0.3, 0.4) is 0 Å². The Kier molecular flexibility index (Phi) is 4.18. The van der Waals surface area contributed by atoms with E-state index in [0.717, 1.165) is 26.2 Å². The largest absolute Gasteiger partial charge is 0.375 e. The maximum atomic E-state index is 12.0. The van der Waals surface area contributed by atoms with Crippen molar-refractivity contribution in [3.8, 4) is 0 Å². The minimum absolute atomic E-state index is 0.194. The summed E-state index contributed by atoms with van der Waals surface area (Å²) in [5, 5.41) is 0. The SMILES string of the molecule is CC1CN(C(=O)CN2CCCCC2)CCO1. The molecule has 4 heteroatoms. The number of nitrogens with zero attached hydrogens (tertiary/aromatic N) is 2. The Morgan fingerprint density at radius 2 is 2.00 bits per heavy atom. The van der Waals surface area contributed by atoms with E-state index in [2.05, 4.69) is 4.90 Å². The molecule has 4 nitrogen and oxygen atoms in total. The molecule has 2 heterocycles. The van der Waals surface area contributed by atoms with E-state index in [1.165, 1.54) is 19.3 Å². The first-order valence-electron chi connectivity index (χ1n) is 6.37. The highest BCUT2D eigenvalue weighted by atomic mass is 16.5. The van der Waals surface area contributed by atoms with Gasteiger partial charge >= 0.3 is 0 Å². The van der Waals surface area contributed by atoms with Gasteiger partial charge in [0.15, 0.2) is 0 Å². The van der Waals surface area contributed by atoms with Crippen molar-refractivity contribution in [2.75, 3.05) is 39.3 Å². The van der Waals surface area contributed by atoms with Gasteiger partial charge in [0.05, 0.1) is 19.3 Å². The van der Waals surface area contributed by atoms with Gasteiger partial charge in [-0.25, -0.2) is 0 Å². The van der Waals surface area contributed by atoms with E-state index in [1.54, 1.807) is 0 Å². The lowest BCUT2D eigenvalue weighted by atomic mass is 10.1. The molecule has 0 saturated carbocycles. The number of morpholine rings is 1. The molecule has 0 N–H and O–H groups in total. The quantitative estimate of drug-likeness (QED) is 0.695. The first-order chi connectivity index (χ1) is 7.75. The molecule has 1 amide bonds. The third-order valence-corrected chi connectivity index (χ3v) is 3.40. The van der Waals surface area contributed by atoms with Crippen molar-refractivity contribution in [1.29, 1.82) is 0 Å². The van der Waals surface area contributed by atoms with Gasteiger partial charge in [0.25, 0.3) is 0 Å². The second kappa shape index (κ2) is 5.64. The number of hydrogen-bond acceptors (Lipinski definition) is 3. The van der Waals surface area contributed by atoms with Crippen molar-refractivity contribution >= 4 is 5.91 Å². The highest BCUT2D eigenvalue weighted by Crippen LogP contribution is 2.10. The van der Waals surface area contributed by atoms with Crippen LogP contribution < -0.4 is 0 Å². The summed E-state index contributed by atoms with van der Waals surface area (Å²) in [7, 11) is 0. The Labute approximate surface area is 97.5 Å². The molecule has 2 aliphatic rings. The number of likely N-dealkylation sites (tertiary alicyclic amines) is 1. The van der Waals surface area contributed by atoms with Crippen LogP contribution in [-0.4, -0.2) is 61.1 Å². The van der Waals surface area contributed by atoms with E-state index in [-0.39, 0.29) is 12.0 Å². The molecule has 1 unspecified atom stereocenters. The van der Waals surface area contributed by atoms with Gasteiger partial charge in [-0.05, 0) is 32.9 Å². The molecular formula is C12H22N2O2. The zero-order valence-corrected chi connectivity index (χ0v) is 10.2. The van der Waals surface area contributed by atoms with E-state index in [1.807, 2.05) is 11.8 Å². The summed E-state index contributed by atoms with van der Waals surface area (Å²) in [4.78, 5) is 16.3. The lowest BCUT2D eigenvalue weighted by molar-refractivity contribution is -0.139. The van der Waals surface area contributed by atoms with Crippen molar-refractivity contribution in [3.05, 3.63) is 0 Å². The Morgan fingerprint density at radius 1 is 1.25 bits per heavy atom. The number of ether oxygens (including phenoxy) is 1. The first-order valence-corrected chi connectivity index (χ1v) is 6.37. The van der Waals surface area contributed by atoms with Gasteiger partial charge in [0, 0.05) is 13.1 Å². The first kappa shape index (κ1) is 11.9. The molecule has 0 aliphatic carbocycles. The van der Waals surface area contributed by atoms with Crippen LogP contribution in [0, 0.1) is 0 Å². The average Bonchev–Trinajstić information content (AvgIpc) is 2.30. The van der Waals surface area contributed by atoms with Crippen LogP contribution >= 0.6 is 0 Å². The second-order valence-corrected chi connectivity index (χ2v) is 4.86. The molecule has 16 heavy (non-hydrogen) atoms.